The van der Waals surface area contributed by atoms with Crippen LogP contribution in [0.15, 0.2) is 42.7 Å². The summed E-state index contributed by atoms with van der Waals surface area (Å²) in [4.78, 5) is 28.4. The van der Waals surface area contributed by atoms with Gasteiger partial charge in [0.25, 0.3) is 5.91 Å². The minimum atomic E-state index is -0.626. The SMILES string of the molecule is Cc1nn2cccnc2c1C(=O)OCC(=O)Nc1ccccc1I. The first-order chi connectivity index (χ1) is 11.6. The molecule has 0 saturated heterocycles. The van der Waals surface area contributed by atoms with E-state index in [9.17, 15) is 9.59 Å². The number of rotatable bonds is 4. The van der Waals surface area contributed by atoms with E-state index in [4.69, 9.17) is 4.74 Å². The van der Waals surface area contributed by atoms with Crippen LogP contribution in [0.5, 0.6) is 0 Å². The van der Waals surface area contributed by atoms with E-state index in [1.165, 1.54) is 4.52 Å². The van der Waals surface area contributed by atoms with Crippen molar-refractivity contribution in [2.75, 3.05) is 11.9 Å². The molecule has 1 aromatic carbocycles. The molecule has 0 aliphatic heterocycles. The van der Waals surface area contributed by atoms with Gasteiger partial charge < -0.3 is 10.1 Å². The number of nitrogens with zero attached hydrogens (tertiary/aromatic N) is 3. The molecule has 8 heteroatoms. The van der Waals surface area contributed by atoms with Gasteiger partial charge in [0.2, 0.25) is 0 Å². The maximum absolute atomic E-state index is 12.3. The van der Waals surface area contributed by atoms with E-state index in [0.717, 1.165) is 3.57 Å². The average molecular weight is 436 g/mol. The molecule has 0 radical (unpaired) electrons. The number of hydrogen-bond acceptors (Lipinski definition) is 5. The molecule has 0 unspecified atom stereocenters. The molecule has 0 saturated carbocycles. The summed E-state index contributed by atoms with van der Waals surface area (Å²) in [5.74, 6) is -1.03. The number of halogens is 1. The minimum absolute atomic E-state index is 0.262. The third-order valence-electron chi connectivity index (χ3n) is 3.26. The molecule has 122 valence electrons. The first kappa shape index (κ1) is 16.4. The Bertz CT molecular complexity index is 923. The number of aryl methyl sites for hydroxylation is 1. The van der Waals surface area contributed by atoms with Gasteiger partial charge in [-0.2, -0.15) is 5.10 Å². The number of fused-ring (bicyclic) bond motifs is 1. The molecule has 1 amide bonds. The molecule has 2 heterocycles. The fourth-order valence-corrected chi connectivity index (χ4v) is 2.71. The van der Waals surface area contributed by atoms with E-state index in [1.807, 2.05) is 18.2 Å². The monoisotopic (exact) mass is 436 g/mol. The Balaban J connectivity index is 1.68. The Morgan fingerprint density at radius 2 is 2.08 bits per heavy atom. The predicted molar refractivity (Wildman–Crippen MR) is 95.8 cm³/mol. The van der Waals surface area contributed by atoms with E-state index in [0.29, 0.717) is 17.0 Å². The number of carbonyl (C=O) groups excluding carboxylic acids is 2. The van der Waals surface area contributed by atoms with Crippen molar-refractivity contribution in [3.05, 3.63) is 57.6 Å². The topological polar surface area (TPSA) is 85.6 Å². The summed E-state index contributed by atoms with van der Waals surface area (Å²) in [6.45, 7) is 1.31. The summed E-state index contributed by atoms with van der Waals surface area (Å²) in [5, 5.41) is 6.89. The van der Waals surface area contributed by atoms with Gasteiger partial charge in [-0.1, -0.05) is 12.1 Å². The van der Waals surface area contributed by atoms with Crippen molar-refractivity contribution in [3.63, 3.8) is 0 Å². The molecular weight excluding hydrogens is 423 g/mol. The standard InChI is InChI=1S/C16H13IN4O3/c1-10-14(15-18-7-4-8-21(15)20-10)16(23)24-9-13(22)19-12-6-3-2-5-11(12)17/h2-8H,9H2,1H3,(H,19,22). The van der Waals surface area contributed by atoms with Crippen LogP contribution in [-0.2, 0) is 9.53 Å². The zero-order valence-electron chi connectivity index (χ0n) is 12.7. The number of benzene rings is 1. The second-order valence-corrected chi connectivity index (χ2v) is 6.11. The lowest BCUT2D eigenvalue weighted by Crippen LogP contribution is -2.21. The van der Waals surface area contributed by atoms with Crippen LogP contribution in [0.2, 0.25) is 0 Å². The Morgan fingerprint density at radius 1 is 1.29 bits per heavy atom. The number of anilines is 1. The minimum Gasteiger partial charge on any atom is -0.452 e. The van der Waals surface area contributed by atoms with E-state index in [2.05, 4.69) is 38.0 Å². The highest BCUT2D eigenvalue weighted by Gasteiger charge is 2.20. The van der Waals surface area contributed by atoms with Gasteiger partial charge in [0, 0.05) is 16.0 Å². The van der Waals surface area contributed by atoms with Gasteiger partial charge in [0.05, 0.1) is 11.4 Å². The van der Waals surface area contributed by atoms with Crippen molar-refractivity contribution >= 4 is 45.8 Å². The Hall–Kier alpha value is -2.49. The quantitative estimate of drug-likeness (QED) is 0.502. The van der Waals surface area contributed by atoms with Crippen molar-refractivity contribution in [2.24, 2.45) is 0 Å². The number of ether oxygens (including phenoxy) is 1. The smallest absolute Gasteiger partial charge is 0.344 e. The van der Waals surface area contributed by atoms with Gasteiger partial charge in [0.1, 0.15) is 5.56 Å². The van der Waals surface area contributed by atoms with E-state index < -0.39 is 11.9 Å². The molecule has 0 aliphatic carbocycles. The molecule has 0 spiro atoms. The number of para-hydroxylation sites is 1. The van der Waals surface area contributed by atoms with Crippen LogP contribution in [-0.4, -0.2) is 33.1 Å². The van der Waals surface area contributed by atoms with Crippen LogP contribution in [0.3, 0.4) is 0 Å². The lowest BCUT2D eigenvalue weighted by atomic mass is 10.2. The van der Waals surface area contributed by atoms with Gasteiger partial charge in [-0.3, -0.25) is 4.79 Å². The molecule has 0 bridgehead atoms. The summed E-state index contributed by atoms with van der Waals surface area (Å²) < 4.78 is 7.50. The molecule has 7 nitrogen and oxygen atoms in total. The van der Waals surface area contributed by atoms with Gasteiger partial charge in [0.15, 0.2) is 12.3 Å². The summed E-state index contributed by atoms with van der Waals surface area (Å²) in [7, 11) is 0. The van der Waals surface area contributed by atoms with Crippen molar-refractivity contribution in [1.82, 2.24) is 14.6 Å². The van der Waals surface area contributed by atoms with Crippen molar-refractivity contribution in [1.29, 1.82) is 0 Å². The third-order valence-corrected chi connectivity index (χ3v) is 4.20. The lowest BCUT2D eigenvalue weighted by molar-refractivity contribution is -0.119. The first-order valence-corrected chi connectivity index (χ1v) is 8.15. The van der Waals surface area contributed by atoms with E-state index in [1.54, 1.807) is 31.5 Å². The highest BCUT2D eigenvalue weighted by atomic mass is 127. The van der Waals surface area contributed by atoms with Gasteiger partial charge >= 0.3 is 5.97 Å². The van der Waals surface area contributed by atoms with E-state index >= 15 is 0 Å². The van der Waals surface area contributed by atoms with Crippen molar-refractivity contribution < 1.29 is 14.3 Å². The fourth-order valence-electron chi connectivity index (χ4n) is 2.19. The van der Waals surface area contributed by atoms with Crippen LogP contribution < -0.4 is 5.32 Å². The molecule has 0 atom stereocenters. The number of esters is 1. The Labute approximate surface area is 151 Å². The number of carbonyl (C=O) groups is 2. The van der Waals surface area contributed by atoms with Gasteiger partial charge in [-0.25, -0.2) is 14.3 Å². The summed E-state index contributed by atoms with van der Waals surface area (Å²) in [6, 6.07) is 9.05. The Morgan fingerprint density at radius 3 is 2.88 bits per heavy atom. The first-order valence-electron chi connectivity index (χ1n) is 7.07. The lowest BCUT2D eigenvalue weighted by Gasteiger charge is -2.07. The van der Waals surface area contributed by atoms with Crippen LogP contribution in [0.1, 0.15) is 16.1 Å². The van der Waals surface area contributed by atoms with Crippen LogP contribution >= 0.6 is 22.6 Å². The number of nitrogens with one attached hydrogen (secondary N) is 1. The van der Waals surface area contributed by atoms with Crippen LogP contribution in [0, 0.1) is 10.5 Å². The second kappa shape index (κ2) is 6.95. The fraction of sp³-hybridized carbons (Fsp3) is 0.125. The largest absolute Gasteiger partial charge is 0.452 e. The second-order valence-electron chi connectivity index (χ2n) is 4.95. The maximum Gasteiger partial charge on any atom is 0.344 e. The summed E-state index contributed by atoms with van der Waals surface area (Å²) in [5.41, 5.74) is 1.83. The van der Waals surface area contributed by atoms with Crippen molar-refractivity contribution in [2.45, 2.75) is 6.92 Å². The molecule has 1 N–H and O–H groups in total. The van der Waals surface area contributed by atoms with Gasteiger partial charge in [-0.15, -0.1) is 0 Å². The zero-order valence-corrected chi connectivity index (χ0v) is 14.9. The molecule has 24 heavy (non-hydrogen) atoms. The molecule has 3 rings (SSSR count). The molecule has 3 aromatic rings. The highest BCUT2D eigenvalue weighted by molar-refractivity contribution is 14.1. The highest BCUT2D eigenvalue weighted by Crippen LogP contribution is 2.17. The van der Waals surface area contributed by atoms with Crippen LogP contribution in [0.25, 0.3) is 5.65 Å². The van der Waals surface area contributed by atoms with Crippen molar-refractivity contribution in [3.8, 4) is 0 Å². The normalized spacial score (nSPS) is 10.6. The van der Waals surface area contributed by atoms with E-state index in [-0.39, 0.29) is 12.2 Å². The molecule has 0 aliphatic rings. The number of aromatic nitrogens is 3. The Kier molecular flexibility index (Phi) is 4.74. The summed E-state index contributed by atoms with van der Waals surface area (Å²) >= 11 is 2.12. The predicted octanol–water partition coefficient (Wildman–Crippen LogP) is 2.44. The van der Waals surface area contributed by atoms with Gasteiger partial charge in [-0.05, 0) is 47.7 Å². The van der Waals surface area contributed by atoms with Crippen LogP contribution in [0.4, 0.5) is 5.69 Å². The molecule has 0 fully saturated rings. The molecular formula is C16H13IN4O3. The summed E-state index contributed by atoms with van der Waals surface area (Å²) in [6.07, 6.45) is 3.26. The average Bonchev–Trinajstić information content (AvgIpc) is 2.90. The number of amides is 1. The third kappa shape index (κ3) is 3.37. The number of hydrogen-bond donors (Lipinski definition) is 1. The zero-order chi connectivity index (χ0) is 17.1. The maximum atomic E-state index is 12.3. The molecule has 2 aromatic heterocycles.